The minimum Gasteiger partial charge on any atom is -0.376 e. The number of amides is 2. The largest absolute Gasteiger partial charge is 0.435 e. The summed E-state index contributed by atoms with van der Waals surface area (Å²) >= 11 is 0. The van der Waals surface area contributed by atoms with E-state index in [4.69, 9.17) is 4.74 Å². The molecule has 0 radical (unpaired) electrons. The zero-order valence-corrected chi connectivity index (χ0v) is 16.1. The van der Waals surface area contributed by atoms with Gasteiger partial charge in [-0.3, -0.25) is 4.68 Å². The number of fused-ring (bicyclic) bond motifs is 2. The number of nitrogens with one attached hydrogen (secondary N) is 2. The molecule has 2 heterocycles. The van der Waals surface area contributed by atoms with Crippen LogP contribution in [0.4, 0.5) is 18.0 Å². The Kier molecular flexibility index (Phi) is 5.63. The Bertz CT molecular complexity index is 1060. The Morgan fingerprint density at radius 3 is 2.77 bits per heavy atom. The fraction of sp³-hybridized carbons (Fsp3) is 0.333. The molecule has 6 nitrogen and oxygen atoms in total. The monoisotopic (exact) mass is 418 g/mol. The van der Waals surface area contributed by atoms with E-state index >= 15 is 0 Å². The van der Waals surface area contributed by atoms with Gasteiger partial charge in [-0.15, -0.1) is 0 Å². The molecule has 158 valence electrons. The summed E-state index contributed by atoms with van der Waals surface area (Å²) < 4.78 is 46.1. The van der Waals surface area contributed by atoms with Crippen molar-refractivity contribution in [2.75, 3.05) is 13.2 Å². The van der Waals surface area contributed by atoms with Crippen LogP contribution in [0.25, 0.3) is 10.8 Å². The van der Waals surface area contributed by atoms with Crippen LogP contribution in [0.1, 0.15) is 22.5 Å². The maximum Gasteiger partial charge on any atom is 0.435 e. The Morgan fingerprint density at radius 2 is 1.93 bits per heavy atom. The predicted molar refractivity (Wildman–Crippen MR) is 105 cm³/mol. The van der Waals surface area contributed by atoms with Crippen molar-refractivity contribution in [3.8, 4) is 0 Å². The van der Waals surface area contributed by atoms with Gasteiger partial charge in [-0.2, -0.15) is 18.3 Å². The first kappa shape index (κ1) is 20.2. The molecule has 3 aromatic rings. The molecule has 9 heteroatoms. The van der Waals surface area contributed by atoms with Gasteiger partial charge in [-0.1, -0.05) is 42.5 Å². The lowest BCUT2D eigenvalue weighted by atomic mass is 10.0. The number of ether oxygens (including phenoxy) is 1. The Balaban J connectivity index is 1.34. The van der Waals surface area contributed by atoms with Gasteiger partial charge >= 0.3 is 12.2 Å². The third kappa shape index (κ3) is 4.25. The standard InChI is InChI=1S/C21H21F3N4O2/c22-21(23,24)19-17-13-30-11-8-18(17)28(27-19)10-9-25-20(29)26-12-15-6-3-5-14-4-1-2-7-16(14)15/h1-7H,8-13H2,(H2,25,26,29). The molecule has 1 aliphatic rings. The number of nitrogens with zero attached hydrogens (tertiary/aromatic N) is 2. The van der Waals surface area contributed by atoms with Gasteiger partial charge in [-0.25, -0.2) is 4.79 Å². The molecule has 2 N–H and O–H groups in total. The molecule has 2 aromatic carbocycles. The number of hydrogen-bond donors (Lipinski definition) is 2. The van der Waals surface area contributed by atoms with Crippen LogP contribution >= 0.6 is 0 Å². The third-order valence-corrected chi connectivity index (χ3v) is 5.09. The van der Waals surface area contributed by atoms with Crippen molar-refractivity contribution in [1.29, 1.82) is 0 Å². The maximum absolute atomic E-state index is 13.2. The number of benzene rings is 2. The zero-order chi connectivity index (χ0) is 21.1. The predicted octanol–water partition coefficient (Wildman–Crippen LogP) is 3.63. The highest BCUT2D eigenvalue weighted by molar-refractivity contribution is 5.86. The molecule has 4 rings (SSSR count). The normalized spacial score (nSPS) is 13.8. The van der Waals surface area contributed by atoms with Crippen molar-refractivity contribution in [2.24, 2.45) is 0 Å². The number of rotatable bonds is 5. The van der Waals surface area contributed by atoms with Gasteiger partial charge in [0, 0.05) is 30.8 Å². The van der Waals surface area contributed by atoms with Crippen molar-refractivity contribution in [3.05, 3.63) is 65.0 Å². The van der Waals surface area contributed by atoms with Crippen molar-refractivity contribution in [3.63, 3.8) is 0 Å². The van der Waals surface area contributed by atoms with Crippen LogP contribution in [0, 0.1) is 0 Å². The van der Waals surface area contributed by atoms with E-state index in [0.29, 0.717) is 25.3 Å². The molecule has 0 saturated heterocycles. The highest BCUT2D eigenvalue weighted by Gasteiger charge is 2.39. The number of urea groups is 1. The van der Waals surface area contributed by atoms with E-state index in [-0.39, 0.29) is 31.3 Å². The summed E-state index contributed by atoms with van der Waals surface area (Å²) in [5, 5.41) is 11.3. The second-order valence-corrected chi connectivity index (χ2v) is 7.05. The first-order chi connectivity index (χ1) is 14.4. The molecule has 1 aliphatic heterocycles. The van der Waals surface area contributed by atoms with Crippen molar-refractivity contribution in [2.45, 2.75) is 32.3 Å². The van der Waals surface area contributed by atoms with Gasteiger partial charge in [0.05, 0.1) is 19.8 Å². The van der Waals surface area contributed by atoms with Gasteiger partial charge < -0.3 is 15.4 Å². The summed E-state index contributed by atoms with van der Waals surface area (Å²) in [6.45, 7) is 0.922. The topological polar surface area (TPSA) is 68.2 Å². The summed E-state index contributed by atoms with van der Waals surface area (Å²) in [6.07, 6.45) is -4.16. The third-order valence-electron chi connectivity index (χ3n) is 5.09. The lowest BCUT2D eigenvalue weighted by molar-refractivity contribution is -0.142. The highest BCUT2D eigenvalue weighted by atomic mass is 19.4. The van der Waals surface area contributed by atoms with Gasteiger partial charge in [0.2, 0.25) is 0 Å². The molecule has 0 fully saturated rings. The number of alkyl halides is 3. The van der Waals surface area contributed by atoms with Gasteiger partial charge in [0.1, 0.15) is 0 Å². The molecule has 0 unspecified atom stereocenters. The van der Waals surface area contributed by atoms with Crippen LogP contribution in [0.5, 0.6) is 0 Å². The smallest absolute Gasteiger partial charge is 0.376 e. The zero-order valence-electron chi connectivity index (χ0n) is 16.1. The Labute approximate surface area is 171 Å². The van der Waals surface area contributed by atoms with Gasteiger partial charge in [-0.05, 0) is 16.3 Å². The number of aromatic nitrogens is 2. The van der Waals surface area contributed by atoms with Gasteiger partial charge in [0.25, 0.3) is 0 Å². The highest BCUT2D eigenvalue weighted by Crippen LogP contribution is 2.34. The maximum atomic E-state index is 13.2. The average Bonchev–Trinajstić information content (AvgIpc) is 3.11. The number of halogens is 3. The van der Waals surface area contributed by atoms with Crippen LogP contribution in [-0.4, -0.2) is 29.0 Å². The average molecular weight is 418 g/mol. The summed E-state index contributed by atoms with van der Waals surface area (Å²) in [6, 6.07) is 13.4. The second kappa shape index (κ2) is 8.35. The van der Waals surface area contributed by atoms with Crippen LogP contribution in [0.2, 0.25) is 0 Å². The van der Waals surface area contributed by atoms with Crippen molar-refractivity contribution in [1.82, 2.24) is 20.4 Å². The number of carbonyl (C=O) groups excluding carboxylic acids is 1. The molecule has 0 aliphatic carbocycles. The fourth-order valence-electron chi connectivity index (χ4n) is 3.68. The van der Waals surface area contributed by atoms with Crippen LogP contribution in [-0.2, 0) is 37.0 Å². The lowest BCUT2D eigenvalue weighted by Crippen LogP contribution is -2.37. The van der Waals surface area contributed by atoms with Gasteiger partial charge in [0.15, 0.2) is 5.69 Å². The number of carbonyl (C=O) groups is 1. The van der Waals surface area contributed by atoms with E-state index in [9.17, 15) is 18.0 Å². The molecule has 30 heavy (non-hydrogen) atoms. The molecule has 2 amide bonds. The van der Waals surface area contributed by atoms with E-state index < -0.39 is 11.9 Å². The molecule has 1 aromatic heterocycles. The van der Waals surface area contributed by atoms with E-state index in [1.165, 1.54) is 4.68 Å². The second-order valence-electron chi connectivity index (χ2n) is 7.05. The first-order valence-electron chi connectivity index (χ1n) is 9.65. The summed E-state index contributed by atoms with van der Waals surface area (Å²) in [5.41, 5.74) is 0.692. The summed E-state index contributed by atoms with van der Waals surface area (Å²) in [4.78, 5) is 12.1. The quantitative estimate of drug-likeness (QED) is 0.665. The molecule has 0 saturated carbocycles. The van der Waals surface area contributed by atoms with Crippen molar-refractivity contribution >= 4 is 16.8 Å². The number of hydrogen-bond acceptors (Lipinski definition) is 3. The van der Waals surface area contributed by atoms with E-state index in [1.54, 1.807) is 0 Å². The SMILES string of the molecule is O=C(NCCn1nc(C(F)(F)F)c2c1CCOC2)NCc1cccc2ccccc12. The summed E-state index contributed by atoms with van der Waals surface area (Å²) in [5.74, 6) is 0. The Hall–Kier alpha value is -3.07. The van der Waals surface area contributed by atoms with E-state index in [2.05, 4.69) is 15.7 Å². The Morgan fingerprint density at radius 1 is 1.13 bits per heavy atom. The molecule has 0 bridgehead atoms. The van der Waals surface area contributed by atoms with E-state index in [0.717, 1.165) is 16.3 Å². The first-order valence-corrected chi connectivity index (χ1v) is 9.65. The molecular formula is C21H21F3N4O2. The van der Waals surface area contributed by atoms with E-state index in [1.807, 2.05) is 42.5 Å². The molecular weight excluding hydrogens is 397 g/mol. The fourth-order valence-corrected chi connectivity index (χ4v) is 3.68. The molecule has 0 spiro atoms. The summed E-state index contributed by atoms with van der Waals surface area (Å²) in [7, 11) is 0. The van der Waals surface area contributed by atoms with Crippen LogP contribution < -0.4 is 10.6 Å². The van der Waals surface area contributed by atoms with Crippen LogP contribution in [0.3, 0.4) is 0 Å². The van der Waals surface area contributed by atoms with Crippen LogP contribution in [0.15, 0.2) is 42.5 Å². The lowest BCUT2D eigenvalue weighted by Gasteiger charge is -2.15. The minimum atomic E-state index is -4.53. The minimum absolute atomic E-state index is 0.0918. The van der Waals surface area contributed by atoms with Crippen molar-refractivity contribution < 1.29 is 22.7 Å². The molecule has 0 atom stereocenters.